The van der Waals surface area contributed by atoms with Gasteiger partial charge in [0.15, 0.2) is 34.4 Å². The Hall–Kier alpha value is -6.76. The summed E-state index contributed by atoms with van der Waals surface area (Å²) < 4.78 is 17.8. The van der Waals surface area contributed by atoms with Gasteiger partial charge in [0.1, 0.15) is 42.2 Å². The number of anilines is 3. The van der Waals surface area contributed by atoms with Crippen LogP contribution in [0.2, 0.25) is 0 Å². The molecule has 0 spiro atoms. The van der Waals surface area contributed by atoms with Crippen molar-refractivity contribution < 1.29 is 19.1 Å². The van der Waals surface area contributed by atoms with E-state index in [0.717, 1.165) is 84.4 Å². The van der Waals surface area contributed by atoms with E-state index in [1.54, 1.807) is 34.0 Å². The van der Waals surface area contributed by atoms with Crippen LogP contribution in [0.5, 0.6) is 0 Å². The molecule has 0 bridgehead atoms. The maximum atomic E-state index is 11.8. The van der Waals surface area contributed by atoms with E-state index < -0.39 is 23.4 Å². The van der Waals surface area contributed by atoms with Crippen molar-refractivity contribution in [2.45, 2.75) is 115 Å². The third kappa shape index (κ3) is 15.5. The molecule has 9 rings (SSSR count). The first kappa shape index (κ1) is 58.9. The Morgan fingerprint density at radius 1 is 0.551 bits per heavy atom. The number of hydrogen-bond donors (Lipinski definition) is 6. The fourth-order valence-electron chi connectivity index (χ4n) is 7.39. The molecule has 0 aliphatic rings. The highest BCUT2D eigenvalue weighted by atomic mass is 79.9. The number of rotatable bonds is 11. The quantitative estimate of drug-likeness (QED) is 0.0523. The smallest absolute Gasteiger partial charge is 0.407 e. The lowest BCUT2D eigenvalue weighted by molar-refractivity contribution is 0.0518. The number of nitrogens with two attached hydrogens (primary N) is 1. The standard InChI is InChI=1S/C22H29N5O2S.C17H21N5S.C16H20BrN5O2S/c1-14-13-25-18-17(23-10-11-24-20(28)29-22(5,6)7)26-16-12-15(8-9-21(2,3)4)30-19(16)27(14)18;1-11-10-20-15-14(19-8-7-18)21-13-9-12(5-6-17(2,3)4)23-16(13)22(11)15;1-9-8-20-13-12(18-5-6-19-15(23)24-16(2,3)4)21-10-7-11(17)25-14(10)22(9)13/h12-13H,10-11H2,1-7H3,(H,23,26)(H,24,28);9-10H,7-8,18H2,1-4H3,(H,19,21);7-8H,5-6H2,1-4H3,(H,18,21)(H,19,23). The molecule has 0 aliphatic carbocycles. The molecule has 9 heterocycles. The highest BCUT2D eigenvalue weighted by Gasteiger charge is 2.20. The number of aromatic nitrogens is 9. The van der Waals surface area contributed by atoms with E-state index >= 15 is 0 Å². The molecule has 23 heteroatoms. The van der Waals surface area contributed by atoms with Crippen LogP contribution in [0, 0.1) is 55.3 Å². The number of carbonyl (C=O) groups is 2. The monoisotopic (exact) mass is 1180 g/mol. The summed E-state index contributed by atoms with van der Waals surface area (Å²) in [5, 5.41) is 15.2. The second-order valence-electron chi connectivity index (χ2n) is 22.3. The van der Waals surface area contributed by atoms with E-state index in [9.17, 15) is 9.59 Å². The van der Waals surface area contributed by atoms with Crippen molar-refractivity contribution in [2.24, 2.45) is 16.6 Å². The number of nitrogens with zero attached hydrogens (tertiary/aromatic N) is 9. The molecule has 9 aromatic heterocycles. The zero-order valence-electron chi connectivity index (χ0n) is 47.0. The second kappa shape index (κ2) is 24.1. The molecule has 2 amide bonds. The number of aryl methyl sites for hydroxylation is 3. The lowest BCUT2D eigenvalue weighted by Crippen LogP contribution is -2.35. The van der Waals surface area contributed by atoms with Crippen LogP contribution in [0.4, 0.5) is 27.0 Å². The molecule has 0 atom stereocenters. The topological polar surface area (TPSA) is 229 Å². The molecule has 0 radical (unpaired) electrons. The van der Waals surface area contributed by atoms with Gasteiger partial charge in [0, 0.05) is 85.8 Å². The summed E-state index contributed by atoms with van der Waals surface area (Å²) in [6.07, 6.45) is 4.66. The largest absolute Gasteiger partial charge is 0.444 e. The van der Waals surface area contributed by atoms with Crippen LogP contribution in [0.15, 0.2) is 40.6 Å². The van der Waals surface area contributed by atoms with E-state index in [4.69, 9.17) is 25.2 Å². The van der Waals surface area contributed by atoms with E-state index in [1.165, 1.54) is 0 Å². The summed E-state index contributed by atoms with van der Waals surface area (Å²) in [7, 11) is 0. The van der Waals surface area contributed by atoms with Gasteiger partial charge in [-0.25, -0.2) is 39.5 Å². The number of imidazole rings is 3. The number of carbonyl (C=O) groups excluding carboxylic acids is 2. The molecule has 414 valence electrons. The number of halogens is 1. The summed E-state index contributed by atoms with van der Waals surface area (Å²) in [5.41, 5.74) is 12.7. The zero-order valence-corrected chi connectivity index (χ0v) is 51.1. The molecule has 19 nitrogen and oxygen atoms in total. The lowest BCUT2D eigenvalue weighted by Gasteiger charge is -2.19. The lowest BCUT2D eigenvalue weighted by atomic mass is 9.98. The minimum absolute atomic E-state index is 0.0162. The van der Waals surface area contributed by atoms with Crippen molar-refractivity contribution in [1.82, 2.24) is 53.7 Å². The summed E-state index contributed by atoms with van der Waals surface area (Å²) in [6, 6.07) is 6.05. The molecule has 0 aromatic carbocycles. The van der Waals surface area contributed by atoms with E-state index in [0.29, 0.717) is 50.9 Å². The number of hydrogen-bond acceptors (Lipinski definition) is 17. The predicted octanol–water partition coefficient (Wildman–Crippen LogP) is 11.6. The van der Waals surface area contributed by atoms with E-state index in [1.807, 2.05) is 99.1 Å². The van der Waals surface area contributed by atoms with Crippen LogP contribution in [-0.4, -0.2) is 106 Å². The fourth-order valence-corrected chi connectivity index (χ4v) is 11.0. The Morgan fingerprint density at radius 3 is 1.24 bits per heavy atom. The first-order chi connectivity index (χ1) is 36.6. The molecular formula is C55H70BrN15O4S3. The Bertz CT molecular complexity index is 3760. The minimum atomic E-state index is -0.518. The summed E-state index contributed by atoms with van der Waals surface area (Å²) in [5.74, 6) is 15.2. The van der Waals surface area contributed by atoms with E-state index in [2.05, 4.69) is 141 Å². The molecule has 0 unspecified atom stereocenters. The maximum Gasteiger partial charge on any atom is 0.407 e. The summed E-state index contributed by atoms with van der Waals surface area (Å²) in [6.45, 7) is 32.8. The maximum absolute atomic E-state index is 11.8. The SMILES string of the molecule is Cc1cnc2c(NCCN)nc3cc(C#CC(C)(C)C)sc3n12.Cc1cnc2c(NCCNC(=O)OC(C)(C)C)nc3cc(Br)sc3n12.Cc1cnc2c(NCCNC(=O)OC(C)(C)C)nc3cc(C#CC(C)(C)C)sc3n12. The minimum Gasteiger partial charge on any atom is -0.444 e. The number of nitrogens with one attached hydrogen (secondary N) is 5. The van der Waals surface area contributed by atoms with Crippen molar-refractivity contribution in [3.8, 4) is 23.7 Å². The van der Waals surface area contributed by atoms with Gasteiger partial charge in [0.2, 0.25) is 0 Å². The van der Waals surface area contributed by atoms with Crippen molar-refractivity contribution >= 4 is 128 Å². The van der Waals surface area contributed by atoms with Gasteiger partial charge in [-0.1, -0.05) is 23.7 Å². The molecule has 0 aliphatic heterocycles. The van der Waals surface area contributed by atoms with Gasteiger partial charge < -0.3 is 41.8 Å². The Morgan fingerprint density at radius 2 is 0.897 bits per heavy atom. The zero-order chi connectivity index (χ0) is 56.9. The average molecular weight is 1180 g/mol. The van der Waals surface area contributed by atoms with Crippen molar-refractivity contribution in [1.29, 1.82) is 0 Å². The molecular weight excluding hydrogens is 1110 g/mol. The van der Waals surface area contributed by atoms with Crippen LogP contribution < -0.4 is 32.3 Å². The Labute approximate surface area is 475 Å². The van der Waals surface area contributed by atoms with Crippen LogP contribution in [0.1, 0.15) is 110 Å². The van der Waals surface area contributed by atoms with Gasteiger partial charge in [-0.05, 0) is 138 Å². The number of thiophene rings is 3. The fraction of sp³-hybridized carbons (Fsp3) is 0.455. The van der Waals surface area contributed by atoms with Gasteiger partial charge in [0.05, 0.1) is 13.5 Å². The van der Waals surface area contributed by atoms with Gasteiger partial charge in [0.25, 0.3) is 0 Å². The first-order valence-electron chi connectivity index (χ1n) is 25.5. The normalized spacial score (nSPS) is 11.9. The number of amides is 2. The van der Waals surface area contributed by atoms with Gasteiger partial charge in [-0.15, -0.1) is 34.0 Å². The first-order valence-corrected chi connectivity index (χ1v) is 28.7. The van der Waals surface area contributed by atoms with Crippen molar-refractivity contribution in [3.63, 3.8) is 0 Å². The summed E-state index contributed by atoms with van der Waals surface area (Å²) in [4.78, 5) is 56.2. The number of alkyl carbamates (subject to hydrolysis) is 2. The molecule has 0 saturated heterocycles. The Kier molecular flexibility index (Phi) is 18.2. The van der Waals surface area contributed by atoms with Crippen LogP contribution in [0.25, 0.3) is 48.0 Å². The third-order valence-corrected chi connectivity index (χ3v) is 14.2. The highest BCUT2D eigenvalue weighted by molar-refractivity contribution is 9.11. The van der Waals surface area contributed by atoms with Gasteiger partial charge >= 0.3 is 12.2 Å². The highest BCUT2D eigenvalue weighted by Crippen LogP contribution is 2.33. The third-order valence-electron chi connectivity index (χ3n) is 10.5. The van der Waals surface area contributed by atoms with Crippen molar-refractivity contribution in [2.75, 3.05) is 55.2 Å². The molecule has 0 fully saturated rings. The van der Waals surface area contributed by atoms with Crippen molar-refractivity contribution in [3.05, 3.63) is 67.4 Å². The number of fused-ring (bicyclic) bond motifs is 9. The van der Waals surface area contributed by atoms with E-state index in [-0.39, 0.29) is 10.8 Å². The molecule has 9 aromatic rings. The molecule has 7 N–H and O–H groups in total. The Balaban J connectivity index is 0.000000171. The average Bonchev–Trinajstić information content (AvgIpc) is 4.30. The predicted molar refractivity (Wildman–Crippen MR) is 323 cm³/mol. The molecule has 78 heavy (non-hydrogen) atoms. The van der Waals surface area contributed by atoms with Crippen LogP contribution >= 0.6 is 49.9 Å². The second-order valence-corrected chi connectivity index (χ2v) is 26.8. The number of ether oxygens (including phenoxy) is 2. The van der Waals surface area contributed by atoms with Gasteiger partial charge in [-0.2, -0.15) is 0 Å². The van der Waals surface area contributed by atoms with Crippen LogP contribution in [-0.2, 0) is 9.47 Å². The summed E-state index contributed by atoms with van der Waals surface area (Å²) >= 11 is 8.41. The van der Waals surface area contributed by atoms with Crippen LogP contribution in [0.3, 0.4) is 0 Å². The molecule has 0 saturated carbocycles. The van der Waals surface area contributed by atoms with Gasteiger partial charge in [-0.3, -0.25) is 13.2 Å².